The molecule has 0 unspecified atom stereocenters. The van der Waals surface area contributed by atoms with Gasteiger partial charge in [0.15, 0.2) is 0 Å². The quantitative estimate of drug-likeness (QED) is 0.857. The summed E-state index contributed by atoms with van der Waals surface area (Å²) in [5.74, 6) is 0.450. The van der Waals surface area contributed by atoms with Crippen LogP contribution in [0.3, 0.4) is 0 Å². The fourth-order valence-electron chi connectivity index (χ4n) is 2.55. The smallest absolute Gasteiger partial charge is 0.254 e. The van der Waals surface area contributed by atoms with Gasteiger partial charge in [-0.2, -0.15) is 5.26 Å². The number of pyridine rings is 1. The Bertz CT molecular complexity index is 872. The Morgan fingerprint density at radius 3 is 2.50 bits per heavy atom. The summed E-state index contributed by atoms with van der Waals surface area (Å²) in [6.07, 6.45) is -0.112. The van der Waals surface area contributed by atoms with E-state index in [4.69, 9.17) is 10.00 Å². The Hall–Kier alpha value is -3.07. The molecule has 1 aliphatic rings. The predicted octanol–water partition coefficient (Wildman–Crippen LogP) is 1.47. The number of carbonyl (C=O) groups excluding carboxylic acids is 1. The van der Waals surface area contributed by atoms with Gasteiger partial charge in [0.2, 0.25) is 0 Å². The molecule has 0 aliphatic carbocycles. The molecule has 0 atom stereocenters. The molecule has 24 heavy (non-hydrogen) atoms. The molecule has 1 aliphatic heterocycles. The first-order valence-corrected chi connectivity index (χ1v) is 7.61. The van der Waals surface area contributed by atoms with E-state index in [0.717, 1.165) is 5.69 Å². The summed E-state index contributed by atoms with van der Waals surface area (Å²) in [6.45, 7) is 2.80. The van der Waals surface area contributed by atoms with Crippen LogP contribution in [0.2, 0.25) is 0 Å². The second-order valence-corrected chi connectivity index (χ2v) is 5.87. The average Bonchev–Trinajstić information content (AvgIpc) is 2.55. The van der Waals surface area contributed by atoms with Gasteiger partial charge in [-0.3, -0.25) is 9.59 Å². The first-order chi connectivity index (χ1) is 11.5. The molecule has 0 saturated carbocycles. The highest BCUT2D eigenvalue weighted by atomic mass is 16.5. The van der Waals surface area contributed by atoms with Gasteiger partial charge in [-0.25, -0.2) is 0 Å². The van der Waals surface area contributed by atoms with E-state index < -0.39 is 0 Å². The minimum Gasteiger partial charge on any atom is -0.486 e. The normalized spacial score (nSPS) is 14.0. The van der Waals surface area contributed by atoms with Crippen LogP contribution in [0.4, 0.5) is 0 Å². The lowest BCUT2D eigenvalue weighted by Gasteiger charge is -2.39. The van der Waals surface area contributed by atoms with Crippen molar-refractivity contribution in [3.63, 3.8) is 0 Å². The van der Waals surface area contributed by atoms with Crippen LogP contribution in [0.15, 0.2) is 41.2 Å². The number of nitrogens with zero attached hydrogens (tertiary/aromatic N) is 3. The number of carbonyl (C=O) groups is 1. The van der Waals surface area contributed by atoms with Crippen molar-refractivity contribution >= 4 is 5.91 Å². The van der Waals surface area contributed by atoms with Crippen LogP contribution in [-0.4, -0.2) is 34.6 Å². The van der Waals surface area contributed by atoms with Crippen molar-refractivity contribution in [2.45, 2.75) is 13.0 Å². The lowest BCUT2D eigenvalue weighted by molar-refractivity contribution is 0.0176. The fraction of sp³-hybridized carbons (Fsp3) is 0.278. The minimum atomic E-state index is -0.116. The van der Waals surface area contributed by atoms with Gasteiger partial charge in [0.1, 0.15) is 11.9 Å². The maximum atomic E-state index is 12.3. The number of amides is 1. The highest BCUT2D eigenvalue weighted by Crippen LogP contribution is 2.20. The Morgan fingerprint density at radius 2 is 1.92 bits per heavy atom. The molecule has 0 spiro atoms. The number of nitriles is 1. The molecule has 1 aromatic carbocycles. The molecule has 6 nitrogen and oxygen atoms in total. The summed E-state index contributed by atoms with van der Waals surface area (Å²) in [6, 6.07) is 11.9. The molecule has 3 rings (SSSR count). The van der Waals surface area contributed by atoms with Gasteiger partial charge in [-0.15, -0.1) is 0 Å². The molecule has 2 aromatic rings. The average molecular weight is 323 g/mol. The topological polar surface area (TPSA) is 75.3 Å². The maximum absolute atomic E-state index is 12.3. The van der Waals surface area contributed by atoms with Gasteiger partial charge < -0.3 is 14.2 Å². The molecule has 0 bridgehead atoms. The summed E-state index contributed by atoms with van der Waals surface area (Å²) >= 11 is 0. The monoisotopic (exact) mass is 323 g/mol. The van der Waals surface area contributed by atoms with Crippen molar-refractivity contribution in [1.82, 2.24) is 9.47 Å². The SMILES string of the molecule is Cc1cc(OC2CN(C(=O)c3ccc(C#N)cc3)C2)cc(=O)n1C. The fourth-order valence-corrected chi connectivity index (χ4v) is 2.55. The van der Waals surface area contributed by atoms with E-state index in [1.54, 1.807) is 40.8 Å². The predicted molar refractivity (Wildman–Crippen MR) is 87.9 cm³/mol. The zero-order chi connectivity index (χ0) is 17.3. The first-order valence-electron chi connectivity index (χ1n) is 7.61. The van der Waals surface area contributed by atoms with E-state index in [-0.39, 0.29) is 17.6 Å². The van der Waals surface area contributed by atoms with Crippen molar-refractivity contribution in [3.8, 4) is 11.8 Å². The van der Waals surface area contributed by atoms with E-state index in [1.165, 1.54) is 6.07 Å². The molecule has 1 aromatic heterocycles. The Kier molecular flexibility index (Phi) is 4.09. The Balaban J connectivity index is 1.60. The summed E-state index contributed by atoms with van der Waals surface area (Å²) in [4.78, 5) is 25.7. The van der Waals surface area contributed by atoms with E-state index >= 15 is 0 Å². The summed E-state index contributed by atoms with van der Waals surface area (Å²) in [7, 11) is 1.71. The molecule has 6 heteroatoms. The van der Waals surface area contributed by atoms with Crippen molar-refractivity contribution in [3.05, 3.63) is 63.6 Å². The van der Waals surface area contributed by atoms with Crippen molar-refractivity contribution < 1.29 is 9.53 Å². The lowest BCUT2D eigenvalue weighted by Crippen LogP contribution is -2.56. The highest BCUT2D eigenvalue weighted by Gasteiger charge is 2.32. The minimum absolute atomic E-state index is 0.0838. The number of hydrogen-bond acceptors (Lipinski definition) is 4. The Morgan fingerprint density at radius 1 is 1.25 bits per heavy atom. The number of ether oxygens (including phenoxy) is 1. The van der Waals surface area contributed by atoms with Gasteiger partial charge in [-0.05, 0) is 37.3 Å². The number of hydrogen-bond donors (Lipinski definition) is 0. The third-order valence-corrected chi connectivity index (χ3v) is 4.18. The van der Waals surface area contributed by atoms with Crippen LogP contribution in [0.25, 0.3) is 0 Å². The number of benzene rings is 1. The van der Waals surface area contributed by atoms with E-state index in [2.05, 4.69) is 0 Å². The zero-order valence-corrected chi connectivity index (χ0v) is 13.5. The summed E-state index contributed by atoms with van der Waals surface area (Å²) < 4.78 is 7.32. The Labute approximate surface area is 139 Å². The van der Waals surface area contributed by atoms with Crippen molar-refractivity contribution in [1.29, 1.82) is 5.26 Å². The molecule has 1 fully saturated rings. The van der Waals surface area contributed by atoms with Crippen LogP contribution in [0.5, 0.6) is 5.75 Å². The molecule has 0 radical (unpaired) electrons. The number of likely N-dealkylation sites (tertiary alicyclic amines) is 1. The van der Waals surface area contributed by atoms with Crippen LogP contribution in [0, 0.1) is 18.3 Å². The highest BCUT2D eigenvalue weighted by molar-refractivity contribution is 5.94. The maximum Gasteiger partial charge on any atom is 0.254 e. The van der Waals surface area contributed by atoms with Crippen LogP contribution in [0.1, 0.15) is 21.6 Å². The van der Waals surface area contributed by atoms with Gasteiger partial charge in [0.05, 0.1) is 24.7 Å². The second kappa shape index (κ2) is 6.20. The van der Waals surface area contributed by atoms with E-state index in [1.807, 2.05) is 19.1 Å². The zero-order valence-electron chi connectivity index (χ0n) is 13.5. The molecule has 122 valence electrons. The van der Waals surface area contributed by atoms with Gasteiger partial charge >= 0.3 is 0 Å². The molecule has 2 heterocycles. The van der Waals surface area contributed by atoms with Crippen molar-refractivity contribution in [2.24, 2.45) is 7.05 Å². The number of rotatable bonds is 3. The standard InChI is InChI=1S/C18H17N3O3/c1-12-7-15(8-17(22)20(12)2)24-16-10-21(11-16)18(23)14-5-3-13(9-19)4-6-14/h3-8,16H,10-11H2,1-2H3. The first kappa shape index (κ1) is 15.8. The molecule has 1 amide bonds. The molecular formula is C18H17N3O3. The van der Waals surface area contributed by atoms with Crippen LogP contribution >= 0.6 is 0 Å². The number of aryl methyl sites for hydroxylation is 1. The second-order valence-electron chi connectivity index (χ2n) is 5.87. The molecule has 0 N–H and O–H groups in total. The van der Waals surface area contributed by atoms with E-state index in [0.29, 0.717) is 30.0 Å². The molecular weight excluding hydrogens is 306 g/mol. The summed E-state index contributed by atoms with van der Waals surface area (Å²) in [5, 5.41) is 8.78. The summed E-state index contributed by atoms with van der Waals surface area (Å²) in [5.41, 5.74) is 1.78. The number of aromatic nitrogens is 1. The van der Waals surface area contributed by atoms with Gasteiger partial charge in [0, 0.05) is 24.4 Å². The van der Waals surface area contributed by atoms with Gasteiger partial charge in [-0.1, -0.05) is 0 Å². The van der Waals surface area contributed by atoms with Crippen LogP contribution in [-0.2, 0) is 7.05 Å². The third-order valence-electron chi connectivity index (χ3n) is 4.18. The largest absolute Gasteiger partial charge is 0.486 e. The lowest BCUT2D eigenvalue weighted by atomic mass is 10.1. The third kappa shape index (κ3) is 3.01. The van der Waals surface area contributed by atoms with Crippen LogP contribution < -0.4 is 10.3 Å². The molecule has 1 saturated heterocycles. The van der Waals surface area contributed by atoms with Gasteiger partial charge in [0.25, 0.3) is 11.5 Å². The van der Waals surface area contributed by atoms with E-state index in [9.17, 15) is 9.59 Å². The van der Waals surface area contributed by atoms with Crippen molar-refractivity contribution in [2.75, 3.05) is 13.1 Å².